The first kappa shape index (κ1) is 13.0. The van der Waals surface area contributed by atoms with Gasteiger partial charge in [-0.25, -0.2) is 4.79 Å². The molecule has 0 bridgehead atoms. The Kier molecular flexibility index (Phi) is 4.73. The van der Waals surface area contributed by atoms with Gasteiger partial charge in [-0.1, -0.05) is 0 Å². The van der Waals surface area contributed by atoms with Crippen LogP contribution in [-0.4, -0.2) is 37.6 Å². The topological polar surface area (TPSA) is 67.4 Å². The minimum absolute atomic E-state index is 0.00311. The van der Waals surface area contributed by atoms with Gasteiger partial charge >= 0.3 is 5.97 Å². The second-order valence-corrected chi connectivity index (χ2v) is 4.33. The highest BCUT2D eigenvalue weighted by Gasteiger charge is 2.26. The average molecular weight is 228 g/mol. The Labute approximate surface area is 95.9 Å². The molecular formula is C11H20N2O3. The number of esters is 1. The van der Waals surface area contributed by atoms with Crippen LogP contribution in [0.1, 0.15) is 26.7 Å². The maximum absolute atomic E-state index is 11.8. The van der Waals surface area contributed by atoms with Crippen molar-refractivity contribution in [2.24, 2.45) is 5.92 Å². The number of carbonyl (C=O) groups is 2. The molecule has 0 radical (unpaired) electrons. The van der Waals surface area contributed by atoms with E-state index in [-0.39, 0.29) is 11.8 Å². The van der Waals surface area contributed by atoms with Crippen LogP contribution in [0.4, 0.5) is 0 Å². The third kappa shape index (κ3) is 3.48. The first-order valence-corrected chi connectivity index (χ1v) is 5.66. The predicted molar refractivity (Wildman–Crippen MR) is 59.8 cm³/mol. The van der Waals surface area contributed by atoms with E-state index in [0.717, 1.165) is 19.4 Å². The zero-order chi connectivity index (χ0) is 12.1. The van der Waals surface area contributed by atoms with Crippen molar-refractivity contribution in [1.29, 1.82) is 0 Å². The van der Waals surface area contributed by atoms with Crippen LogP contribution in [0.15, 0.2) is 0 Å². The lowest BCUT2D eigenvalue weighted by molar-refractivity contribution is -0.145. The van der Waals surface area contributed by atoms with Gasteiger partial charge in [0, 0.05) is 12.0 Å². The molecule has 1 amide bonds. The van der Waals surface area contributed by atoms with E-state index in [9.17, 15) is 9.59 Å². The largest absolute Gasteiger partial charge is 0.467 e. The summed E-state index contributed by atoms with van der Waals surface area (Å²) < 4.78 is 4.56. The van der Waals surface area contributed by atoms with Gasteiger partial charge in [0.25, 0.3) is 0 Å². The summed E-state index contributed by atoms with van der Waals surface area (Å²) in [6.45, 7) is 4.54. The Morgan fingerprint density at radius 2 is 2.19 bits per heavy atom. The molecule has 1 rings (SSSR count). The van der Waals surface area contributed by atoms with Gasteiger partial charge in [-0.2, -0.15) is 0 Å². The zero-order valence-electron chi connectivity index (χ0n) is 10.1. The van der Waals surface area contributed by atoms with E-state index >= 15 is 0 Å². The number of ether oxygens (including phenoxy) is 1. The van der Waals surface area contributed by atoms with E-state index in [0.29, 0.717) is 6.04 Å². The van der Waals surface area contributed by atoms with Crippen molar-refractivity contribution in [2.75, 3.05) is 13.7 Å². The van der Waals surface area contributed by atoms with Crippen LogP contribution in [0.25, 0.3) is 0 Å². The van der Waals surface area contributed by atoms with Gasteiger partial charge in [-0.3, -0.25) is 4.79 Å². The highest BCUT2D eigenvalue weighted by molar-refractivity contribution is 5.85. The van der Waals surface area contributed by atoms with Gasteiger partial charge in [0.05, 0.1) is 7.11 Å². The fraction of sp³-hybridized carbons (Fsp3) is 0.818. The first-order valence-electron chi connectivity index (χ1n) is 5.66. The monoisotopic (exact) mass is 228 g/mol. The molecule has 5 nitrogen and oxygen atoms in total. The van der Waals surface area contributed by atoms with Crippen LogP contribution in [-0.2, 0) is 14.3 Å². The first-order chi connectivity index (χ1) is 7.54. The Bertz CT molecular complexity index is 268. The van der Waals surface area contributed by atoms with Crippen molar-refractivity contribution in [2.45, 2.75) is 38.8 Å². The van der Waals surface area contributed by atoms with Crippen LogP contribution in [0.3, 0.4) is 0 Å². The summed E-state index contributed by atoms with van der Waals surface area (Å²) >= 11 is 0. The van der Waals surface area contributed by atoms with E-state index in [1.54, 1.807) is 6.92 Å². The fourth-order valence-electron chi connectivity index (χ4n) is 1.94. The van der Waals surface area contributed by atoms with Crippen LogP contribution in [0.2, 0.25) is 0 Å². The van der Waals surface area contributed by atoms with E-state index in [1.807, 2.05) is 0 Å². The van der Waals surface area contributed by atoms with Gasteiger partial charge in [0.15, 0.2) is 0 Å². The summed E-state index contributed by atoms with van der Waals surface area (Å²) in [6.07, 6.45) is 1.64. The summed E-state index contributed by atoms with van der Waals surface area (Å²) in [7, 11) is 1.32. The number of hydrogen-bond donors (Lipinski definition) is 2. The van der Waals surface area contributed by atoms with Crippen LogP contribution < -0.4 is 10.6 Å². The molecule has 92 valence electrons. The molecule has 1 aliphatic heterocycles. The number of methoxy groups -OCH3 is 1. The molecule has 0 aromatic heterocycles. The molecule has 5 heteroatoms. The number of amides is 1. The molecule has 1 saturated heterocycles. The summed E-state index contributed by atoms with van der Waals surface area (Å²) in [4.78, 5) is 23.0. The van der Waals surface area contributed by atoms with Crippen LogP contribution in [0.5, 0.6) is 0 Å². The third-order valence-electron chi connectivity index (χ3n) is 2.91. The number of hydrogen-bond acceptors (Lipinski definition) is 4. The number of piperidine rings is 1. The Morgan fingerprint density at radius 1 is 1.50 bits per heavy atom. The highest BCUT2D eigenvalue weighted by Crippen LogP contribution is 2.16. The molecule has 2 N–H and O–H groups in total. The molecule has 1 aliphatic rings. The molecule has 0 unspecified atom stereocenters. The lowest BCUT2D eigenvalue weighted by Crippen LogP contribution is -2.46. The molecule has 3 atom stereocenters. The molecule has 1 fully saturated rings. The summed E-state index contributed by atoms with van der Waals surface area (Å²) in [5, 5.41) is 5.96. The third-order valence-corrected chi connectivity index (χ3v) is 2.91. The average Bonchev–Trinajstić information content (AvgIpc) is 2.27. The summed E-state index contributed by atoms with van der Waals surface area (Å²) in [5.41, 5.74) is 0. The predicted octanol–water partition coefficient (Wildman–Crippen LogP) is 0.0522. The number of nitrogens with one attached hydrogen (secondary N) is 2. The van der Waals surface area contributed by atoms with E-state index in [1.165, 1.54) is 7.11 Å². The molecule has 0 spiro atoms. The molecular weight excluding hydrogens is 208 g/mol. The minimum Gasteiger partial charge on any atom is -0.467 e. The molecule has 16 heavy (non-hydrogen) atoms. The van der Waals surface area contributed by atoms with Gasteiger partial charge in [-0.15, -0.1) is 0 Å². The number of carbonyl (C=O) groups excluding carboxylic acids is 2. The van der Waals surface area contributed by atoms with Gasteiger partial charge in [0.2, 0.25) is 5.91 Å². The van der Waals surface area contributed by atoms with Crippen molar-refractivity contribution in [3.63, 3.8) is 0 Å². The maximum Gasteiger partial charge on any atom is 0.328 e. The summed E-state index contributed by atoms with van der Waals surface area (Å²) in [5.74, 6) is -0.454. The van der Waals surface area contributed by atoms with Crippen molar-refractivity contribution in [3.05, 3.63) is 0 Å². The van der Waals surface area contributed by atoms with Crippen molar-refractivity contribution in [1.82, 2.24) is 10.6 Å². The SMILES string of the molecule is COC(=O)[C@@H](C)NC(=O)[C@H]1CCN[C@@H](C)C1. The Balaban J connectivity index is 2.42. The van der Waals surface area contributed by atoms with Crippen molar-refractivity contribution < 1.29 is 14.3 Å². The van der Waals surface area contributed by atoms with Gasteiger partial charge < -0.3 is 15.4 Å². The molecule has 0 aromatic rings. The fourth-order valence-corrected chi connectivity index (χ4v) is 1.94. The van der Waals surface area contributed by atoms with E-state index < -0.39 is 12.0 Å². The van der Waals surface area contributed by atoms with Gasteiger partial charge in [0.1, 0.15) is 6.04 Å². The standard InChI is InChI=1S/C11H20N2O3/c1-7-6-9(4-5-12-7)10(14)13-8(2)11(15)16-3/h7-9,12H,4-6H2,1-3H3,(H,13,14)/t7-,8+,9-/m0/s1. The quantitative estimate of drug-likeness (QED) is 0.670. The molecule has 1 heterocycles. The van der Waals surface area contributed by atoms with Crippen molar-refractivity contribution in [3.8, 4) is 0 Å². The molecule has 0 aliphatic carbocycles. The lowest BCUT2D eigenvalue weighted by Gasteiger charge is -2.27. The second-order valence-electron chi connectivity index (χ2n) is 4.33. The lowest BCUT2D eigenvalue weighted by atomic mass is 9.92. The second kappa shape index (κ2) is 5.84. The van der Waals surface area contributed by atoms with E-state index in [2.05, 4.69) is 22.3 Å². The van der Waals surface area contributed by atoms with Crippen LogP contribution >= 0.6 is 0 Å². The Hall–Kier alpha value is -1.10. The number of rotatable bonds is 3. The van der Waals surface area contributed by atoms with Crippen molar-refractivity contribution >= 4 is 11.9 Å². The Morgan fingerprint density at radius 3 is 2.75 bits per heavy atom. The molecule has 0 aromatic carbocycles. The maximum atomic E-state index is 11.8. The molecule has 0 saturated carbocycles. The highest BCUT2D eigenvalue weighted by atomic mass is 16.5. The van der Waals surface area contributed by atoms with Gasteiger partial charge in [-0.05, 0) is 33.2 Å². The smallest absolute Gasteiger partial charge is 0.328 e. The summed E-state index contributed by atoms with van der Waals surface area (Å²) in [6, 6.07) is -0.208. The van der Waals surface area contributed by atoms with E-state index in [4.69, 9.17) is 0 Å². The van der Waals surface area contributed by atoms with Crippen LogP contribution in [0, 0.1) is 5.92 Å². The normalized spacial score (nSPS) is 26.9. The minimum atomic E-state index is -0.567. The zero-order valence-corrected chi connectivity index (χ0v) is 10.1.